The number of aromatic amines is 1. The SMILES string of the molecule is CN(C)c1cc(CNC(=O)c2ccc(-c3ccccc3)[nH]c2=O)ccn1. The van der Waals surface area contributed by atoms with Crippen LogP contribution in [-0.2, 0) is 6.54 Å². The molecule has 0 aliphatic carbocycles. The molecule has 0 radical (unpaired) electrons. The van der Waals surface area contributed by atoms with Gasteiger partial charge in [-0.05, 0) is 35.4 Å². The van der Waals surface area contributed by atoms with Crippen molar-refractivity contribution in [1.82, 2.24) is 15.3 Å². The summed E-state index contributed by atoms with van der Waals surface area (Å²) < 4.78 is 0. The van der Waals surface area contributed by atoms with Crippen LogP contribution in [0.5, 0.6) is 0 Å². The van der Waals surface area contributed by atoms with Crippen molar-refractivity contribution in [1.29, 1.82) is 0 Å². The van der Waals surface area contributed by atoms with E-state index in [1.54, 1.807) is 18.3 Å². The number of rotatable bonds is 5. The highest BCUT2D eigenvalue weighted by Crippen LogP contribution is 2.14. The molecule has 0 aliphatic heterocycles. The van der Waals surface area contributed by atoms with E-state index in [1.165, 1.54) is 0 Å². The van der Waals surface area contributed by atoms with Gasteiger partial charge in [0.05, 0.1) is 0 Å². The smallest absolute Gasteiger partial charge is 0.261 e. The van der Waals surface area contributed by atoms with Crippen molar-refractivity contribution in [3.8, 4) is 11.3 Å². The summed E-state index contributed by atoms with van der Waals surface area (Å²) in [6, 6.07) is 16.5. The molecular weight excluding hydrogens is 328 g/mol. The Morgan fingerprint density at radius 1 is 1.12 bits per heavy atom. The van der Waals surface area contributed by atoms with E-state index in [2.05, 4.69) is 15.3 Å². The molecule has 6 nitrogen and oxygen atoms in total. The zero-order valence-corrected chi connectivity index (χ0v) is 14.7. The van der Waals surface area contributed by atoms with Crippen LogP contribution in [0.3, 0.4) is 0 Å². The molecule has 3 rings (SSSR count). The number of hydrogen-bond donors (Lipinski definition) is 2. The van der Waals surface area contributed by atoms with Crippen LogP contribution in [0, 0.1) is 0 Å². The molecular formula is C20H20N4O2. The first-order valence-corrected chi connectivity index (χ1v) is 8.24. The summed E-state index contributed by atoms with van der Waals surface area (Å²) in [5, 5.41) is 2.78. The van der Waals surface area contributed by atoms with Gasteiger partial charge in [-0.25, -0.2) is 4.98 Å². The zero-order chi connectivity index (χ0) is 18.5. The lowest BCUT2D eigenvalue weighted by Gasteiger charge is -2.12. The van der Waals surface area contributed by atoms with Gasteiger partial charge in [0, 0.05) is 32.5 Å². The normalized spacial score (nSPS) is 10.4. The van der Waals surface area contributed by atoms with E-state index >= 15 is 0 Å². The summed E-state index contributed by atoms with van der Waals surface area (Å²) >= 11 is 0. The largest absolute Gasteiger partial charge is 0.363 e. The molecule has 0 unspecified atom stereocenters. The average molecular weight is 348 g/mol. The molecule has 6 heteroatoms. The highest BCUT2D eigenvalue weighted by Gasteiger charge is 2.11. The first kappa shape index (κ1) is 17.4. The van der Waals surface area contributed by atoms with E-state index in [9.17, 15) is 9.59 Å². The number of aromatic nitrogens is 2. The lowest BCUT2D eigenvalue weighted by Crippen LogP contribution is -2.29. The molecule has 2 aromatic heterocycles. The van der Waals surface area contributed by atoms with E-state index < -0.39 is 11.5 Å². The highest BCUT2D eigenvalue weighted by atomic mass is 16.2. The van der Waals surface area contributed by atoms with Gasteiger partial charge in [-0.1, -0.05) is 30.3 Å². The molecule has 1 aromatic carbocycles. The van der Waals surface area contributed by atoms with Gasteiger partial charge < -0.3 is 15.2 Å². The van der Waals surface area contributed by atoms with E-state index in [0.29, 0.717) is 12.2 Å². The van der Waals surface area contributed by atoms with E-state index in [4.69, 9.17) is 0 Å². The number of benzene rings is 1. The summed E-state index contributed by atoms with van der Waals surface area (Å²) in [5.41, 5.74) is 2.16. The van der Waals surface area contributed by atoms with Gasteiger partial charge in [0.15, 0.2) is 0 Å². The third-order valence-electron chi connectivity index (χ3n) is 3.96. The maximum atomic E-state index is 12.3. The average Bonchev–Trinajstić information content (AvgIpc) is 2.67. The highest BCUT2D eigenvalue weighted by molar-refractivity contribution is 5.94. The monoisotopic (exact) mass is 348 g/mol. The Balaban J connectivity index is 1.72. The second-order valence-electron chi connectivity index (χ2n) is 6.08. The van der Waals surface area contributed by atoms with Crippen molar-refractivity contribution in [3.05, 3.63) is 82.3 Å². The zero-order valence-electron chi connectivity index (χ0n) is 14.7. The van der Waals surface area contributed by atoms with Crippen molar-refractivity contribution in [2.24, 2.45) is 0 Å². The fourth-order valence-corrected chi connectivity index (χ4v) is 2.53. The van der Waals surface area contributed by atoms with Crippen molar-refractivity contribution in [3.63, 3.8) is 0 Å². The Bertz CT molecular complexity index is 965. The summed E-state index contributed by atoms with van der Waals surface area (Å²) in [7, 11) is 3.80. The van der Waals surface area contributed by atoms with Gasteiger partial charge in [-0.3, -0.25) is 9.59 Å². The number of pyridine rings is 2. The fraction of sp³-hybridized carbons (Fsp3) is 0.150. The Labute approximate surface area is 151 Å². The molecule has 3 aromatic rings. The predicted molar refractivity (Wildman–Crippen MR) is 102 cm³/mol. The fourth-order valence-electron chi connectivity index (χ4n) is 2.53. The minimum atomic E-state index is -0.410. The van der Waals surface area contributed by atoms with Crippen molar-refractivity contribution in [2.75, 3.05) is 19.0 Å². The summed E-state index contributed by atoms with van der Waals surface area (Å²) in [4.78, 5) is 33.5. The topological polar surface area (TPSA) is 78.1 Å². The first-order valence-electron chi connectivity index (χ1n) is 8.24. The second kappa shape index (κ2) is 7.65. The van der Waals surface area contributed by atoms with E-state index in [-0.39, 0.29) is 5.56 Å². The first-order chi connectivity index (χ1) is 12.5. The maximum absolute atomic E-state index is 12.3. The van der Waals surface area contributed by atoms with Gasteiger partial charge in [-0.15, -0.1) is 0 Å². The number of amides is 1. The van der Waals surface area contributed by atoms with Gasteiger partial charge in [-0.2, -0.15) is 0 Å². The van der Waals surface area contributed by atoms with Crippen LogP contribution < -0.4 is 15.8 Å². The second-order valence-corrected chi connectivity index (χ2v) is 6.08. The van der Waals surface area contributed by atoms with Crippen LogP contribution in [-0.4, -0.2) is 30.0 Å². The molecule has 2 heterocycles. The molecule has 0 aliphatic rings. The molecule has 0 bridgehead atoms. The van der Waals surface area contributed by atoms with Gasteiger partial charge in [0.25, 0.3) is 11.5 Å². The number of anilines is 1. The lowest BCUT2D eigenvalue weighted by atomic mass is 10.1. The number of H-pyrrole nitrogens is 1. The third kappa shape index (κ3) is 3.97. The summed E-state index contributed by atoms with van der Waals surface area (Å²) in [5.74, 6) is 0.399. The van der Waals surface area contributed by atoms with E-state index in [1.807, 2.05) is 61.5 Å². The number of nitrogens with zero attached hydrogens (tertiary/aromatic N) is 2. The number of nitrogens with one attached hydrogen (secondary N) is 2. The standard InChI is InChI=1S/C20H20N4O2/c1-24(2)18-12-14(10-11-21-18)13-22-19(25)16-8-9-17(23-20(16)26)15-6-4-3-5-7-15/h3-12H,13H2,1-2H3,(H,22,25)(H,23,26). The molecule has 132 valence electrons. The summed E-state index contributed by atoms with van der Waals surface area (Å²) in [6.07, 6.45) is 1.69. The van der Waals surface area contributed by atoms with Crippen LogP contribution in [0.25, 0.3) is 11.3 Å². The Kier molecular flexibility index (Phi) is 5.12. The molecule has 0 saturated carbocycles. The number of carbonyl (C=O) groups is 1. The molecule has 26 heavy (non-hydrogen) atoms. The van der Waals surface area contributed by atoms with Gasteiger partial charge >= 0.3 is 0 Å². The maximum Gasteiger partial charge on any atom is 0.261 e. The molecule has 0 atom stereocenters. The molecule has 2 N–H and O–H groups in total. The van der Waals surface area contributed by atoms with E-state index in [0.717, 1.165) is 16.9 Å². The van der Waals surface area contributed by atoms with Crippen molar-refractivity contribution >= 4 is 11.7 Å². The Hall–Kier alpha value is -3.41. The third-order valence-corrected chi connectivity index (χ3v) is 3.96. The van der Waals surface area contributed by atoms with Crippen LogP contribution in [0.4, 0.5) is 5.82 Å². The minimum Gasteiger partial charge on any atom is -0.363 e. The molecule has 1 amide bonds. The van der Waals surface area contributed by atoms with Crippen LogP contribution in [0.2, 0.25) is 0 Å². The van der Waals surface area contributed by atoms with Crippen LogP contribution >= 0.6 is 0 Å². The van der Waals surface area contributed by atoms with Crippen molar-refractivity contribution in [2.45, 2.75) is 6.54 Å². The van der Waals surface area contributed by atoms with Crippen LogP contribution in [0.1, 0.15) is 15.9 Å². The number of carbonyl (C=O) groups excluding carboxylic acids is 1. The molecule has 0 saturated heterocycles. The van der Waals surface area contributed by atoms with Crippen molar-refractivity contribution < 1.29 is 4.79 Å². The predicted octanol–water partition coefficient (Wildman–Crippen LogP) is 2.43. The lowest BCUT2D eigenvalue weighted by molar-refractivity contribution is 0.0949. The minimum absolute atomic E-state index is 0.0894. The Morgan fingerprint density at radius 3 is 2.58 bits per heavy atom. The summed E-state index contributed by atoms with van der Waals surface area (Å²) in [6.45, 7) is 0.321. The van der Waals surface area contributed by atoms with Gasteiger partial charge in [0.1, 0.15) is 11.4 Å². The quantitative estimate of drug-likeness (QED) is 0.742. The van der Waals surface area contributed by atoms with Crippen LogP contribution in [0.15, 0.2) is 65.6 Å². The van der Waals surface area contributed by atoms with Gasteiger partial charge in [0.2, 0.25) is 0 Å². The molecule has 0 spiro atoms. The molecule has 0 fully saturated rings. The number of hydrogen-bond acceptors (Lipinski definition) is 4. The Morgan fingerprint density at radius 2 is 1.88 bits per heavy atom.